The van der Waals surface area contributed by atoms with Crippen LogP contribution < -0.4 is 0 Å². The van der Waals surface area contributed by atoms with Crippen LogP contribution in [-0.2, 0) is 6.42 Å². The van der Waals surface area contributed by atoms with Crippen LogP contribution in [0.15, 0.2) is 12.3 Å². The summed E-state index contributed by atoms with van der Waals surface area (Å²) in [5.74, 6) is 2.58. The number of pyridine rings is 1. The second-order valence-corrected chi connectivity index (χ2v) is 6.48. The van der Waals surface area contributed by atoms with Gasteiger partial charge in [-0.05, 0) is 50.2 Å². The van der Waals surface area contributed by atoms with Crippen LogP contribution in [0, 0.1) is 12.8 Å². The molecule has 0 unspecified atom stereocenters. The molecule has 1 fully saturated rings. The third-order valence-corrected chi connectivity index (χ3v) is 4.60. The minimum Gasteiger partial charge on any atom is -0.310 e. The number of nitrogens with zero attached hydrogens (tertiary/aromatic N) is 3. The highest BCUT2D eigenvalue weighted by Crippen LogP contribution is 2.34. The number of rotatable bonds is 3. The fourth-order valence-electron chi connectivity index (χ4n) is 3.27. The fourth-order valence-corrected chi connectivity index (χ4v) is 3.44. The number of imidazole rings is 1. The molecule has 0 atom stereocenters. The number of hydrogen-bond acceptors (Lipinski definition) is 2. The highest BCUT2D eigenvalue weighted by molar-refractivity contribution is 6.17. The summed E-state index contributed by atoms with van der Waals surface area (Å²) in [4.78, 5) is 9.41. The Bertz CT molecular complexity index is 597. The molecule has 0 bridgehead atoms. The van der Waals surface area contributed by atoms with Crippen LogP contribution in [0.4, 0.5) is 0 Å². The Morgan fingerprint density at radius 3 is 2.75 bits per heavy atom. The zero-order chi connectivity index (χ0) is 14.1. The minimum atomic E-state index is 0.546. The molecule has 108 valence electrons. The van der Waals surface area contributed by atoms with Crippen molar-refractivity contribution in [3.63, 3.8) is 0 Å². The van der Waals surface area contributed by atoms with Gasteiger partial charge in [-0.25, -0.2) is 9.97 Å². The molecule has 0 radical (unpaired) electrons. The van der Waals surface area contributed by atoms with Crippen LogP contribution >= 0.6 is 11.6 Å². The van der Waals surface area contributed by atoms with E-state index in [4.69, 9.17) is 16.6 Å². The molecule has 2 heterocycles. The lowest BCUT2D eigenvalue weighted by molar-refractivity contribution is 0.289. The highest BCUT2D eigenvalue weighted by atomic mass is 35.5. The van der Waals surface area contributed by atoms with Gasteiger partial charge in [-0.3, -0.25) is 0 Å². The van der Waals surface area contributed by atoms with Gasteiger partial charge < -0.3 is 4.57 Å². The summed E-state index contributed by atoms with van der Waals surface area (Å²) in [5, 5.41) is 0. The molecule has 1 aliphatic carbocycles. The number of alkyl halides is 1. The van der Waals surface area contributed by atoms with E-state index >= 15 is 0 Å². The predicted molar refractivity (Wildman–Crippen MR) is 83.4 cm³/mol. The largest absolute Gasteiger partial charge is 0.310 e. The van der Waals surface area contributed by atoms with E-state index in [1.54, 1.807) is 0 Å². The monoisotopic (exact) mass is 291 g/mol. The minimum absolute atomic E-state index is 0.546. The lowest BCUT2D eigenvalue weighted by Gasteiger charge is -2.28. The van der Waals surface area contributed by atoms with Gasteiger partial charge in [-0.2, -0.15) is 0 Å². The molecule has 20 heavy (non-hydrogen) atoms. The molecule has 2 aromatic rings. The van der Waals surface area contributed by atoms with Gasteiger partial charge in [-0.1, -0.05) is 6.92 Å². The van der Waals surface area contributed by atoms with Crippen LogP contribution in [0.3, 0.4) is 0 Å². The second kappa shape index (κ2) is 5.72. The van der Waals surface area contributed by atoms with Gasteiger partial charge >= 0.3 is 0 Å². The standard InChI is InChI=1S/C16H22ClN3/c1-11-3-5-13(6-4-11)20-15(7-8-17)19-14-9-12(2)10-18-16(14)20/h9-11,13H,3-8H2,1-2H3. The average Bonchev–Trinajstić information content (AvgIpc) is 2.77. The first kappa shape index (κ1) is 13.9. The van der Waals surface area contributed by atoms with Crippen molar-refractivity contribution in [3.8, 4) is 0 Å². The lowest BCUT2D eigenvalue weighted by atomic mass is 9.87. The van der Waals surface area contributed by atoms with E-state index in [1.165, 1.54) is 25.7 Å². The second-order valence-electron chi connectivity index (χ2n) is 6.11. The molecule has 3 nitrogen and oxygen atoms in total. The molecule has 0 amide bonds. The molecule has 0 saturated heterocycles. The van der Waals surface area contributed by atoms with Gasteiger partial charge in [0, 0.05) is 24.5 Å². The summed E-state index contributed by atoms with van der Waals surface area (Å²) >= 11 is 5.96. The van der Waals surface area contributed by atoms with Gasteiger partial charge in [0.1, 0.15) is 11.3 Å². The fraction of sp³-hybridized carbons (Fsp3) is 0.625. The maximum atomic E-state index is 5.96. The average molecular weight is 292 g/mol. The maximum Gasteiger partial charge on any atom is 0.160 e. The summed E-state index contributed by atoms with van der Waals surface area (Å²) in [6.45, 7) is 4.42. The first-order chi connectivity index (χ1) is 9.69. The number of aromatic nitrogens is 3. The number of hydrogen-bond donors (Lipinski definition) is 0. The Balaban J connectivity index is 2.04. The zero-order valence-electron chi connectivity index (χ0n) is 12.3. The van der Waals surface area contributed by atoms with E-state index < -0.39 is 0 Å². The van der Waals surface area contributed by atoms with E-state index in [9.17, 15) is 0 Å². The van der Waals surface area contributed by atoms with E-state index in [1.807, 2.05) is 6.20 Å². The van der Waals surface area contributed by atoms with E-state index in [-0.39, 0.29) is 0 Å². The Morgan fingerprint density at radius 2 is 2.05 bits per heavy atom. The molecule has 0 aliphatic heterocycles. The highest BCUT2D eigenvalue weighted by Gasteiger charge is 2.24. The Kier molecular flexibility index (Phi) is 3.97. The third-order valence-electron chi connectivity index (χ3n) is 4.41. The number of aryl methyl sites for hydroxylation is 2. The van der Waals surface area contributed by atoms with Gasteiger partial charge in [0.2, 0.25) is 0 Å². The van der Waals surface area contributed by atoms with Crippen molar-refractivity contribution in [3.05, 3.63) is 23.7 Å². The van der Waals surface area contributed by atoms with Crippen LogP contribution in [0.5, 0.6) is 0 Å². The number of fused-ring (bicyclic) bond motifs is 1. The Labute approximate surface area is 125 Å². The van der Waals surface area contributed by atoms with Crippen LogP contribution in [0.2, 0.25) is 0 Å². The first-order valence-electron chi connectivity index (χ1n) is 7.58. The quantitative estimate of drug-likeness (QED) is 0.791. The van der Waals surface area contributed by atoms with Crippen molar-refractivity contribution in [1.82, 2.24) is 14.5 Å². The topological polar surface area (TPSA) is 30.7 Å². The molecular formula is C16H22ClN3. The Morgan fingerprint density at radius 1 is 1.30 bits per heavy atom. The summed E-state index contributed by atoms with van der Waals surface area (Å²) < 4.78 is 2.36. The summed E-state index contributed by atoms with van der Waals surface area (Å²) in [7, 11) is 0. The van der Waals surface area contributed by atoms with E-state index in [0.717, 1.165) is 34.9 Å². The molecule has 3 rings (SSSR count). The zero-order valence-corrected chi connectivity index (χ0v) is 13.0. The van der Waals surface area contributed by atoms with Crippen LogP contribution in [0.25, 0.3) is 11.2 Å². The molecule has 1 saturated carbocycles. The molecule has 0 spiro atoms. The first-order valence-corrected chi connectivity index (χ1v) is 8.12. The van der Waals surface area contributed by atoms with Crippen molar-refractivity contribution in [1.29, 1.82) is 0 Å². The van der Waals surface area contributed by atoms with Crippen molar-refractivity contribution in [2.24, 2.45) is 5.92 Å². The predicted octanol–water partition coefficient (Wildman–Crippen LogP) is 4.27. The summed E-state index contributed by atoms with van der Waals surface area (Å²) in [6, 6.07) is 2.67. The SMILES string of the molecule is Cc1cnc2c(c1)nc(CCCl)n2C1CCC(C)CC1. The third kappa shape index (κ3) is 2.56. The van der Waals surface area contributed by atoms with Gasteiger partial charge in [0.15, 0.2) is 5.65 Å². The van der Waals surface area contributed by atoms with Crippen molar-refractivity contribution in [2.75, 3.05) is 5.88 Å². The molecule has 2 aromatic heterocycles. The summed E-state index contributed by atoms with van der Waals surface area (Å²) in [6.07, 6.45) is 7.83. The smallest absolute Gasteiger partial charge is 0.160 e. The normalized spacial score (nSPS) is 23.4. The van der Waals surface area contributed by atoms with Gasteiger partial charge in [0.25, 0.3) is 0 Å². The molecule has 0 aromatic carbocycles. The van der Waals surface area contributed by atoms with Gasteiger partial charge in [0.05, 0.1) is 0 Å². The van der Waals surface area contributed by atoms with E-state index in [2.05, 4.69) is 29.5 Å². The molecule has 1 aliphatic rings. The molecule has 0 N–H and O–H groups in total. The van der Waals surface area contributed by atoms with Crippen LogP contribution in [-0.4, -0.2) is 20.4 Å². The lowest BCUT2D eigenvalue weighted by Crippen LogP contribution is -2.19. The Hall–Kier alpha value is -1.09. The number of halogens is 1. The van der Waals surface area contributed by atoms with Crippen molar-refractivity contribution < 1.29 is 0 Å². The maximum absolute atomic E-state index is 5.96. The van der Waals surface area contributed by atoms with Crippen molar-refractivity contribution >= 4 is 22.8 Å². The molecular weight excluding hydrogens is 270 g/mol. The van der Waals surface area contributed by atoms with Crippen LogP contribution in [0.1, 0.15) is 50.0 Å². The van der Waals surface area contributed by atoms with Crippen molar-refractivity contribution in [2.45, 2.75) is 52.0 Å². The molecule has 4 heteroatoms. The van der Waals surface area contributed by atoms with E-state index in [0.29, 0.717) is 11.9 Å². The van der Waals surface area contributed by atoms with Gasteiger partial charge in [-0.15, -0.1) is 11.6 Å². The summed E-state index contributed by atoms with van der Waals surface area (Å²) in [5.41, 5.74) is 3.22.